The number of fused-ring (bicyclic) bond motifs is 3. The SMILES string of the molecule is COC(=O)[C@H](CC(C)C)NC(=O)N[C@H](Cc1ccccc1)NC(=O)[C@H](COC(C)(C)C)NC(=O)OCC1c2ccccc2-c2ccccc21. The second-order valence-corrected chi connectivity index (χ2v) is 13.5. The van der Waals surface area contributed by atoms with Gasteiger partial charge in [-0.25, -0.2) is 14.4 Å². The first-order valence-electron chi connectivity index (χ1n) is 16.6. The summed E-state index contributed by atoms with van der Waals surface area (Å²) in [6.45, 7) is 9.30. The number of benzene rings is 3. The summed E-state index contributed by atoms with van der Waals surface area (Å²) in [4.78, 5) is 52.5. The number of rotatable bonds is 14. The van der Waals surface area contributed by atoms with Crippen molar-refractivity contribution in [1.29, 1.82) is 0 Å². The fourth-order valence-electron chi connectivity index (χ4n) is 5.74. The van der Waals surface area contributed by atoms with Crippen LogP contribution in [0.15, 0.2) is 78.9 Å². The van der Waals surface area contributed by atoms with Crippen LogP contribution in [0.3, 0.4) is 0 Å². The molecule has 3 aromatic rings. The molecule has 262 valence electrons. The van der Waals surface area contributed by atoms with Gasteiger partial charge in [0.05, 0.1) is 19.3 Å². The van der Waals surface area contributed by atoms with Gasteiger partial charge in [-0.2, -0.15) is 0 Å². The van der Waals surface area contributed by atoms with E-state index in [0.717, 1.165) is 27.8 Å². The number of alkyl carbamates (subject to hydrolysis) is 1. The number of esters is 1. The predicted molar refractivity (Wildman–Crippen MR) is 187 cm³/mol. The summed E-state index contributed by atoms with van der Waals surface area (Å²) in [5.41, 5.74) is 4.57. The third kappa shape index (κ3) is 10.8. The Hall–Kier alpha value is -4.90. The normalized spacial score (nSPS) is 14.1. The van der Waals surface area contributed by atoms with Gasteiger partial charge in [0.1, 0.15) is 24.9 Å². The first-order valence-corrected chi connectivity index (χ1v) is 16.6. The second kappa shape index (κ2) is 17.0. The summed E-state index contributed by atoms with van der Waals surface area (Å²) in [7, 11) is 1.26. The number of urea groups is 1. The number of nitrogens with one attached hydrogen (secondary N) is 4. The lowest BCUT2D eigenvalue weighted by atomic mass is 9.98. The van der Waals surface area contributed by atoms with E-state index in [1.807, 2.05) is 101 Å². The van der Waals surface area contributed by atoms with Crippen LogP contribution in [0.5, 0.6) is 0 Å². The van der Waals surface area contributed by atoms with E-state index in [0.29, 0.717) is 6.42 Å². The Bertz CT molecular complexity index is 1540. The summed E-state index contributed by atoms with van der Waals surface area (Å²) in [6.07, 6.45) is -1.09. The molecule has 0 heterocycles. The molecule has 0 saturated heterocycles. The highest BCUT2D eigenvalue weighted by Crippen LogP contribution is 2.44. The Kier molecular flexibility index (Phi) is 12.8. The summed E-state index contributed by atoms with van der Waals surface area (Å²) >= 11 is 0. The zero-order valence-corrected chi connectivity index (χ0v) is 29.1. The molecule has 11 heteroatoms. The maximum Gasteiger partial charge on any atom is 0.407 e. The number of carbonyl (C=O) groups excluding carboxylic acids is 4. The van der Waals surface area contributed by atoms with Crippen LogP contribution in [0.1, 0.15) is 63.6 Å². The van der Waals surface area contributed by atoms with Crippen LogP contribution in [-0.4, -0.2) is 68.2 Å². The maximum atomic E-state index is 13.8. The van der Waals surface area contributed by atoms with Crippen molar-refractivity contribution in [2.24, 2.45) is 5.92 Å². The molecule has 4 N–H and O–H groups in total. The van der Waals surface area contributed by atoms with E-state index in [9.17, 15) is 19.2 Å². The standard InChI is InChI=1S/C38H48N4O7/c1-24(2)20-31(35(44)47-6)39-36(45)42-33(21-25-14-8-7-9-15-25)41-34(43)32(23-49-38(3,4)5)40-37(46)48-22-30-28-18-12-10-16-26(28)27-17-11-13-19-29(27)30/h7-19,24,30-33H,20-23H2,1-6H3,(H,40,46)(H,41,43)(H2,39,42,45)/t31-,32-,33+/m0/s1. The van der Waals surface area contributed by atoms with Crippen LogP contribution in [0.4, 0.5) is 9.59 Å². The van der Waals surface area contributed by atoms with E-state index in [1.165, 1.54) is 7.11 Å². The Morgan fingerprint density at radius 3 is 1.92 bits per heavy atom. The number of hydrogen-bond donors (Lipinski definition) is 4. The quantitative estimate of drug-likeness (QED) is 0.135. The molecule has 3 aromatic carbocycles. The van der Waals surface area contributed by atoms with Gasteiger partial charge in [0.2, 0.25) is 5.91 Å². The zero-order chi connectivity index (χ0) is 35.6. The van der Waals surface area contributed by atoms with Crippen LogP contribution in [-0.2, 0) is 30.2 Å². The van der Waals surface area contributed by atoms with Crippen molar-refractivity contribution >= 4 is 24.0 Å². The van der Waals surface area contributed by atoms with Crippen molar-refractivity contribution in [2.75, 3.05) is 20.3 Å². The number of amides is 4. The van der Waals surface area contributed by atoms with Gasteiger partial charge in [-0.1, -0.05) is 92.7 Å². The lowest BCUT2D eigenvalue weighted by Crippen LogP contribution is -2.59. The lowest BCUT2D eigenvalue weighted by molar-refractivity contribution is -0.143. The second-order valence-electron chi connectivity index (χ2n) is 13.5. The Labute approximate surface area is 288 Å². The minimum Gasteiger partial charge on any atom is -0.467 e. The van der Waals surface area contributed by atoms with Crippen molar-refractivity contribution in [3.05, 3.63) is 95.6 Å². The molecular formula is C38H48N4O7. The van der Waals surface area contributed by atoms with E-state index in [1.54, 1.807) is 0 Å². The summed E-state index contributed by atoms with van der Waals surface area (Å²) in [6, 6.07) is 22.7. The van der Waals surface area contributed by atoms with E-state index in [2.05, 4.69) is 33.4 Å². The highest BCUT2D eigenvalue weighted by atomic mass is 16.6. The molecule has 1 aliphatic rings. The van der Waals surface area contributed by atoms with E-state index < -0.39 is 47.9 Å². The largest absolute Gasteiger partial charge is 0.467 e. The van der Waals surface area contributed by atoms with Crippen molar-refractivity contribution in [3.63, 3.8) is 0 Å². The molecule has 4 amide bonds. The monoisotopic (exact) mass is 672 g/mol. The van der Waals surface area contributed by atoms with Crippen LogP contribution >= 0.6 is 0 Å². The molecule has 3 atom stereocenters. The van der Waals surface area contributed by atoms with Crippen LogP contribution in [0.2, 0.25) is 0 Å². The molecule has 1 aliphatic carbocycles. The van der Waals surface area contributed by atoms with Crippen molar-refractivity contribution < 1.29 is 33.4 Å². The van der Waals surface area contributed by atoms with Gasteiger partial charge in [-0.3, -0.25) is 4.79 Å². The molecule has 4 rings (SSSR count). The molecule has 0 radical (unpaired) electrons. The van der Waals surface area contributed by atoms with Crippen LogP contribution in [0.25, 0.3) is 11.1 Å². The van der Waals surface area contributed by atoms with Gasteiger partial charge in [0, 0.05) is 12.3 Å². The topological polar surface area (TPSA) is 144 Å². The molecule has 0 aliphatic heterocycles. The van der Waals surface area contributed by atoms with Gasteiger partial charge in [-0.05, 0) is 60.9 Å². The van der Waals surface area contributed by atoms with Crippen LogP contribution in [0, 0.1) is 5.92 Å². The maximum absolute atomic E-state index is 13.8. The molecule has 11 nitrogen and oxygen atoms in total. The van der Waals surface area contributed by atoms with Gasteiger partial charge >= 0.3 is 18.1 Å². The fraction of sp³-hybridized carbons (Fsp3) is 0.421. The first kappa shape index (κ1) is 36.9. The number of hydrogen-bond acceptors (Lipinski definition) is 7. The number of ether oxygens (including phenoxy) is 3. The van der Waals surface area contributed by atoms with Gasteiger partial charge < -0.3 is 35.5 Å². The zero-order valence-electron chi connectivity index (χ0n) is 29.1. The van der Waals surface area contributed by atoms with Gasteiger partial charge in [0.15, 0.2) is 0 Å². The van der Waals surface area contributed by atoms with Gasteiger partial charge in [-0.15, -0.1) is 0 Å². The highest BCUT2D eigenvalue weighted by Gasteiger charge is 2.31. The molecule has 0 spiro atoms. The Balaban J connectivity index is 1.47. The first-order chi connectivity index (χ1) is 23.3. The molecule has 49 heavy (non-hydrogen) atoms. The summed E-state index contributed by atoms with van der Waals surface area (Å²) in [5, 5.41) is 10.9. The minimum absolute atomic E-state index is 0.0738. The third-order valence-corrected chi connectivity index (χ3v) is 8.04. The van der Waals surface area contributed by atoms with Crippen LogP contribution < -0.4 is 21.3 Å². The molecule has 0 fully saturated rings. The van der Waals surface area contributed by atoms with Gasteiger partial charge in [0.25, 0.3) is 0 Å². The third-order valence-electron chi connectivity index (χ3n) is 8.04. The average Bonchev–Trinajstić information content (AvgIpc) is 3.38. The molecular weight excluding hydrogens is 624 g/mol. The lowest BCUT2D eigenvalue weighted by Gasteiger charge is -2.27. The smallest absolute Gasteiger partial charge is 0.407 e. The average molecular weight is 673 g/mol. The number of carbonyl (C=O) groups is 4. The minimum atomic E-state index is -1.15. The van der Waals surface area contributed by atoms with E-state index >= 15 is 0 Å². The summed E-state index contributed by atoms with van der Waals surface area (Å²) in [5.74, 6) is -1.21. The molecule has 0 bridgehead atoms. The molecule has 0 unspecified atom stereocenters. The molecule has 0 aromatic heterocycles. The predicted octanol–water partition coefficient (Wildman–Crippen LogP) is 5.28. The summed E-state index contributed by atoms with van der Waals surface area (Å²) < 4.78 is 16.5. The molecule has 0 saturated carbocycles. The number of methoxy groups -OCH3 is 1. The highest BCUT2D eigenvalue weighted by molar-refractivity contribution is 5.87. The van der Waals surface area contributed by atoms with Crippen molar-refractivity contribution in [3.8, 4) is 11.1 Å². The Morgan fingerprint density at radius 2 is 1.35 bits per heavy atom. The van der Waals surface area contributed by atoms with Crippen molar-refractivity contribution in [2.45, 2.75) is 77.2 Å². The van der Waals surface area contributed by atoms with Crippen molar-refractivity contribution in [1.82, 2.24) is 21.3 Å². The fourth-order valence-corrected chi connectivity index (χ4v) is 5.74. The van der Waals surface area contributed by atoms with E-state index in [-0.39, 0.29) is 31.5 Å². The Morgan fingerprint density at radius 1 is 0.755 bits per heavy atom. The van der Waals surface area contributed by atoms with E-state index in [4.69, 9.17) is 14.2 Å².